The van der Waals surface area contributed by atoms with Crippen LogP contribution in [0.2, 0.25) is 0 Å². The summed E-state index contributed by atoms with van der Waals surface area (Å²) in [6, 6.07) is 0. The highest BCUT2D eigenvalue weighted by Gasteiger charge is 2.36. The molecule has 0 fully saturated rings. The van der Waals surface area contributed by atoms with Gasteiger partial charge in [-0.2, -0.15) is 0 Å². The van der Waals surface area contributed by atoms with Crippen LogP contribution in [0.25, 0.3) is 0 Å². The van der Waals surface area contributed by atoms with Crippen molar-refractivity contribution in [2.45, 2.75) is 68.7 Å². The fourth-order valence-electron chi connectivity index (χ4n) is 1.38. The quantitative estimate of drug-likeness (QED) is 0.577. The van der Waals surface area contributed by atoms with Crippen molar-refractivity contribution in [3.05, 3.63) is 0 Å². The summed E-state index contributed by atoms with van der Waals surface area (Å²) in [5, 5.41) is 0. The zero-order valence-electron chi connectivity index (χ0n) is 11.8. The van der Waals surface area contributed by atoms with Crippen molar-refractivity contribution in [1.29, 1.82) is 0 Å². The van der Waals surface area contributed by atoms with Gasteiger partial charge in [0.1, 0.15) is 0 Å². The summed E-state index contributed by atoms with van der Waals surface area (Å²) in [6.07, 6.45) is 1.31. The second-order valence-electron chi connectivity index (χ2n) is 7.61. The molecule has 0 bridgehead atoms. The predicted octanol–water partition coefficient (Wildman–Crippen LogP) is 5.13. The van der Waals surface area contributed by atoms with Crippen molar-refractivity contribution in [2.24, 2.45) is 22.2 Å². The van der Waals surface area contributed by atoms with E-state index < -0.39 is 0 Å². The summed E-state index contributed by atoms with van der Waals surface area (Å²) in [5.41, 5.74) is 1.24. The molecule has 1 atom stereocenters. The molecule has 0 amide bonds. The van der Waals surface area contributed by atoms with E-state index in [1.807, 2.05) is 0 Å². The average molecular weight is 198 g/mol. The van der Waals surface area contributed by atoms with Gasteiger partial charge < -0.3 is 0 Å². The van der Waals surface area contributed by atoms with Crippen LogP contribution >= 0.6 is 0 Å². The minimum absolute atomic E-state index is 0.395. The Morgan fingerprint density at radius 3 is 1.36 bits per heavy atom. The van der Waals surface area contributed by atoms with Gasteiger partial charge in [0.15, 0.2) is 0 Å². The molecule has 0 saturated carbocycles. The van der Waals surface area contributed by atoms with Crippen molar-refractivity contribution in [1.82, 2.24) is 0 Å². The molecule has 14 heavy (non-hydrogen) atoms. The first-order chi connectivity index (χ1) is 5.88. The third kappa shape index (κ3) is 3.63. The molecule has 0 aliphatic heterocycles. The van der Waals surface area contributed by atoms with Gasteiger partial charge >= 0.3 is 0 Å². The predicted molar refractivity (Wildman–Crippen MR) is 66.5 cm³/mol. The largest absolute Gasteiger partial charge is 0.0620 e. The van der Waals surface area contributed by atoms with Crippen LogP contribution in [0.1, 0.15) is 68.7 Å². The molecule has 0 nitrogen and oxygen atoms in total. The van der Waals surface area contributed by atoms with Gasteiger partial charge in [-0.25, -0.2) is 0 Å². The first-order valence-electron chi connectivity index (χ1n) is 5.88. The van der Waals surface area contributed by atoms with E-state index >= 15 is 0 Å². The van der Waals surface area contributed by atoms with E-state index in [9.17, 15) is 0 Å². The molecule has 0 rings (SSSR count). The zero-order valence-corrected chi connectivity index (χ0v) is 11.8. The normalized spacial score (nSPS) is 16.9. The molecule has 0 heterocycles. The standard InChI is InChI=1S/C14H30/c1-11(12(2,3)4)10-14(8,9)13(5,6)7/h11H,10H2,1-9H3. The van der Waals surface area contributed by atoms with Crippen molar-refractivity contribution in [3.8, 4) is 0 Å². The molecular weight excluding hydrogens is 168 g/mol. The van der Waals surface area contributed by atoms with Gasteiger partial charge in [-0.1, -0.05) is 62.3 Å². The summed E-state index contributed by atoms with van der Waals surface area (Å²) < 4.78 is 0. The van der Waals surface area contributed by atoms with Gasteiger partial charge in [0.05, 0.1) is 0 Å². The maximum absolute atomic E-state index is 2.40. The first kappa shape index (κ1) is 14.0. The van der Waals surface area contributed by atoms with Crippen molar-refractivity contribution in [2.75, 3.05) is 0 Å². The molecule has 0 N–H and O–H groups in total. The summed E-state index contributed by atoms with van der Waals surface area (Å²) in [5.74, 6) is 0.775. The first-order valence-corrected chi connectivity index (χ1v) is 5.88. The molecule has 0 aromatic rings. The monoisotopic (exact) mass is 198 g/mol. The molecule has 0 heteroatoms. The summed E-state index contributed by atoms with van der Waals surface area (Å²) in [6.45, 7) is 21.3. The topological polar surface area (TPSA) is 0 Å². The Labute approximate surface area is 91.5 Å². The van der Waals surface area contributed by atoms with Gasteiger partial charge in [-0.05, 0) is 28.6 Å². The molecule has 0 aliphatic carbocycles. The third-order valence-corrected chi connectivity index (χ3v) is 4.33. The second kappa shape index (κ2) is 3.87. The maximum Gasteiger partial charge on any atom is -0.0303 e. The molecular formula is C14H30. The highest BCUT2D eigenvalue weighted by atomic mass is 14.4. The summed E-state index contributed by atoms with van der Waals surface area (Å²) >= 11 is 0. The van der Waals surface area contributed by atoms with Crippen LogP contribution in [-0.2, 0) is 0 Å². The zero-order chi connectivity index (χ0) is 11.8. The maximum atomic E-state index is 2.40. The lowest BCUT2D eigenvalue weighted by molar-refractivity contribution is 0.0682. The van der Waals surface area contributed by atoms with Crippen LogP contribution < -0.4 is 0 Å². The smallest absolute Gasteiger partial charge is 0.0303 e. The highest BCUT2D eigenvalue weighted by Crippen LogP contribution is 2.45. The lowest BCUT2D eigenvalue weighted by Crippen LogP contribution is -2.34. The van der Waals surface area contributed by atoms with E-state index in [1.165, 1.54) is 6.42 Å². The van der Waals surface area contributed by atoms with Crippen LogP contribution in [0.4, 0.5) is 0 Å². The third-order valence-electron chi connectivity index (χ3n) is 4.33. The van der Waals surface area contributed by atoms with Crippen molar-refractivity contribution < 1.29 is 0 Å². The summed E-state index contributed by atoms with van der Waals surface area (Å²) in [4.78, 5) is 0. The molecule has 0 spiro atoms. The molecule has 0 radical (unpaired) electrons. The fraction of sp³-hybridized carbons (Fsp3) is 1.00. The number of hydrogen-bond acceptors (Lipinski definition) is 0. The number of rotatable bonds is 2. The van der Waals surface area contributed by atoms with E-state index in [0.717, 1.165) is 5.92 Å². The van der Waals surface area contributed by atoms with Crippen LogP contribution in [0.3, 0.4) is 0 Å². The van der Waals surface area contributed by atoms with Gasteiger partial charge in [-0.15, -0.1) is 0 Å². The van der Waals surface area contributed by atoms with Crippen molar-refractivity contribution in [3.63, 3.8) is 0 Å². The Balaban J connectivity index is 4.53. The SMILES string of the molecule is CC(CC(C)(C)C(C)(C)C)C(C)(C)C. The Morgan fingerprint density at radius 1 is 0.786 bits per heavy atom. The highest BCUT2D eigenvalue weighted by molar-refractivity contribution is 4.86. The Morgan fingerprint density at radius 2 is 1.14 bits per heavy atom. The van der Waals surface area contributed by atoms with Gasteiger partial charge in [0, 0.05) is 0 Å². The second-order valence-corrected chi connectivity index (χ2v) is 7.61. The van der Waals surface area contributed by atoms with Gasteiger partial charge in [0.2, 0.25) is 0 Å². The van der Waals surface area contributed by atoms with Crippen LogP contribution in [0.15, 0.2) is 0 Å². The van der Waals surface area contributed by atoms with Crippen molar-refractivity contribution >= 4 is 0 Å². The number of hydrogen-bond donors (Lipinski definition) is 0. The average Bonchev–Trinajstić information content (AvgIpc) is 1.80. The Kier molecular flexibility index (Phi) is 3.87. The fourth-order valence-corrected chi connectivity index (χ4v) is 1.38. The van der Waals surface area contributed by atoms with Gasteiger partial charge in [0.25, 0.3) is 0 Å². The Hall–Kier alpha value is 0. The molecule has 0 aromatic heterocycles. The van der Waals surface area contributed by atoms with Crippen LogP contribution in [0.5, 0.6) is 0 Å². The van der Waals surface area contributed by atoms with E-state index in [2.05, 4.69) is 62.3 Å². The minimum Gasteiger partial charge on any atom is -0.0620 e. The molecule has 0 saturated heterocycles. The summed E-state index contributed by atoms with van der Waals surface area (Å²) in [7, 11) is 0. The minimum atomic E-state index is 0.395. The molecule has 1 unspecified atom stereocenters. The van der Waals surface area contributed by atoms with Gasteiger partial charge in [-0.3, -0.25) is 0 Å². The molecule has 0 aromatic carbocycles. The van der Waals surface area contributed by atoms with E-state index in [-0.39, 0.29) is 0 Å². The van der Waals surface area contributed by atoms with E-state index in [0.29, 0.717) is 16.2 Å². The van der Waals surface area contributed by atoms with E-state index in [4.69, 9.17) is 0 Å². The van der Waals surface area contributed by atoms with Crippen LogP contribution in [-0.4, -0.2) is 0 Å². The Bertz CT molecular complexity index is 173. The van der Waals surface area contributed by atoms with E-state index in [1.54, 1.807) is 0 Å². The molecule has 86 valence electrons. The molecule has 0 aliphatic rings. The lowest BCUT2D eigenvalue weighted by Gasteiger charge is -2.43. The lowest BCUT2D eigenvalue weighted by atomic mass is 9.62. The van der Waals surface area contributed by atoms with Crippen LogP contribution in [0, 0.1) is 22.2 Å².